The summed E-state index contributed by atoms with van der Waals surface area (Å²) < 4.78 is 31.6. The monoisotopic (exact) mass is 214 g/mol. The third-order valence-corrected chi connectivity index (χ3v) is 0.341. The highest BCUT2D eigenvalue weighted by Gasteiger charge is 1.84. The van der Waals surface area contributed by atoms with Gasteiger partial charge in [0.1, 0.15) is 12.9 Å². The molecule has 0 aromatic heterocycles. The van der Waals surface area contributed by atoms with Crippen molar-refractivity contribution in [1.82, 2.24) is 0 Å². The Hall–Kier alpha value is -0.930. The summed E-state index contributed by atoms with van der Waals surface area (Å²) >= 11 is 0. The highest BCUT2D eigenvalue weighted by molar-refractivity contribution is 7.79. The van der Waals surface area contributed by atoms with E-state index in [2.05, 4.69) is 28.0 Å². The molecule has 0 fully saturated rings. The maximum atomic E-state index is 8.74. The van der Waals surface area contributed by atoms with Crippen LogP contribution in [0.1, 0.15) is 0 Å². The van der Waals surface area contributed by atoms with E-state index in [9.17, 15) is 0 Å². The average molecular weight is 214 g/mol. The van der Waals surface area contributed by atoms with Gasteiger partial charge in [0.05, 0.1) is 0 Å². The quantitative estimate of drug-likeness (QED) is 0.172. The van der Waals surface area contributed by atoms with Gasteiger partial charge >= 0.3 is 10.4 Å². The number of hydrogen-bond donors (Lipinski definition) is 2. The standard InChI is InChI=1S/C5H8O3.H2O4S/c1-3-5-7-8-6-4-2;1-5(2,3)4/h3-4H,1-2,5H2;(H2,1,2,3,4). The zero-order valence-electron chi connectivity index (χ0n) is 6.62. The summed E-state index contributed by atoms with van der Waals surface area (Å²) in [6.07, 6.45) is 2.65. The Labute approximate surface area is 75.7 Å². The minimum Gasteiger partial charge on any atom is -0.317 e. The molecule has 13 heavy (non-hydrogen) atoms. The molecule has 0 atom stereocenters. The smallest absolute Gasteiger partial charge is 0.317 e. The first-order valence-corrected chi connectivity index (χ1v) is 4.18. The van der Waals surface area contributed by atoms with Crippen molar-refractivity contribution in [3.8, 4) is 0 Å². The van der Waals surface area contributed by atoms with E-state index in [1.165, 1.54) is 6.08 Å². The average Bonchev–Trinajstić information content (AvgIpc) is 1.95. The first-order chi connectivity index (χ1) is 5.91. The lowest BCUT2D eigenvalue weighted by Gasteiger charge is -1.93. The van der Waals surface area contributed by atoms with E-state index in [-0.39, 0.29) is 0 Å². The second-order valence-electron chi connectivity index (χ2n) is 1.35. The van der Waals surface area contributed by atoms with Crippen molar-refractivity contribution < 1.29 is 32.3 Å². The molecule has 0 aliphatic rings. The first kappa shape index (κ1) is 14.6. The molecular formula is C5H10O7S. The van der Waals surface area contributed by atoms with Crippen molar-refractivity contribution in [1.29, 1.82) is 0 Å². The minimum atomic E-state index is -4.67. The molecule has 0 aliphatic heterocycles. The zero-order chi connectivity index (χ0) is 10.7. The van der Waals surface area contributed by atoms with Gasteiger partial charge in [-0.05, 0) is 5.04 Å². The lowest BCUT2D eigenvalue weighted by molar-refractivity contribution is -0.485. The first-order valence-electron chi connectivity index (χ1n) is 2.78. The molecule has 0 radical (unpaired) electrons. The second-order valence-corrected chi connectivity index (χ2v) is 2.25. The molecule has 0 spiro atoms. The third kappa shape index (κ3) is 55.0. The molecule has 0 aromatic rings. The Morgan fingerprint density at radius 2 is 1.77 bits per heavy atom. The fourth-order valence-electron chi connectivity index (χ4n) is 0.131. The highest BCUT2D eigenvalue weighted by atomic mass is 32.3. The van der Waals surface area contributed by atoms with Crippen molar-refractivity contribution in [3.05, 3.63) is 25.5 Å². The van der Waals surface area contributed by atoms with Gasteiger partial charge in [0.2, 0.25) is 0 Å². The zero-order valence-corrected chi connectivity index (χ0v) is 7.44. The van der Waals surface area contributed by atoms with Gasteiger partial charge in [0.15, 0.2) is 0 Å². The van der Waals surface area contributed by atoms with Crippen LogP contribution in [0.5, 0.6) is 0 Å². The van der Waals surface area contributed by atoms with Crippen LogP contribution in [0.3, 0.4) is 0 Å². The molecule has 0 heterocycles. The van der Waals surface area contributed by atoms with Crippen LogP contribution in [-0.2, 0) is 25.2 Å². The molecule has 0 bridgehead atoms. The maximum absolute atomic E-state index is 8.74. The van der Waals surface area contributed by atoms with E-state index < -0.39 is 10.4 Å². The van der Waals surface area contributed by atoms with E-state index in [4.69, 9.17) is 17.5 Å². The van der Waals surface area contributed by atoms with Gasteiger partial charge in [-0.2, -0.15) is 13.3 Å². The minimum absolute atomic E-state index is 0.299. The van der Waals surface area contributed by atoms with E-state index >= 15 is 0 Å². The van der Waals surface area contributed by atoms with E-state index in [0.717, 1.165) is 6.26 Å². The van der Waals surface area contributed by atoms with Gasteiger partial charge < -0.3 is 4.89 Å². The molecule has 0 aliphatic carbocycles. The SMILES string of the molecule is C=CCOOOC=C.O=S(=O)(O)O. The molecule has 0 saturated carbocycles. The predicted octanol–water partition coefficient (Wildman–Crippen LogP) is 0.543. The molecule has 0 saturated heterocycles. The van der Waals surface area contributed by atoms with Gasteiger partial charge in [-0.3, -0.25) is 9.11 Å². The van der Waals surface area contributed by atoms with Crippen LogP contribution in [0.2, 0.25) is 0 Å². The molecule has 0 amide bonds. The van der Waals surface area contributed by atoms with Crippen molar-refractivity contribution in [2.24, 2.45) is 0 Å². The van der Waals surface area contributed by atoms with Crippen molar-refractivity contribution >= 4 is 10.4 Å². The Morgan fingerprint density at radius 1 is 1.31 bits per heavy atom. The van der Waals surface area contributed by atoms with Gasteiger partial charge in [-0.1, -0.05) is 12.7 Å². The summed E-state index contributed by atoms with van der Waals surface area (Å²) in [5, 5.41) is 4.03. The van der Waals surface area contributed by atoms with Crippen LogP contribution in [0.25, 0.3) is 0 Å². The van der Waals surface area contributed by atoms with E-state index in [1.54, 1.807) is 0 Å². The van der Waals surface area contributed by atoms with Crippen LogP contribution in [0, 0.1) is 0 Å². The predicted molar refractivity (Wildman–Crippen MR) is 42.7 cm³/mol. The fourth-order valence-corrected chi connectivity index (χ4v) is 0.131. The van der Waals surface area contributed by atoms with Crippen LogP contribution in [0.4, 0.5) is 0 Å². The largest absolute Gasteiger partial charge is 0.394 e. The Morgan fingerprint density at radius 3 is 2.08 bits per heavy atom. The number of rotatable bonds is 5. The lowest BCUT2D eigenvalue weighted by atomic mass is 10.7. The molecule has 8 heteroatoms. The normalized spacial score (nSPS) is 9.38. The molecule has 0 aromatic carbocycles. The fraction of sp³-hybridized carbons (Fsp3) is 0.200. The summed E-state index contributed by atoms with van der Waals surface area (Å²) in [6, 6.07) is 0. The van der Waals surface area contributed by atoms with Gasteiger partial charge in [0, 0.05) is 0 Å². The topological polar surface area (TPSA) is 102 Å². The molecule has 0 unspecified atom stereocenters. The summed E-state index contributed by atoms with van der Waals surface area (Å²) in [6.45, 7) is 6.88. The molecular weight excluding hydrogens is 204 g/mol. The van der Waals surface area contributed by atoms with Crippen LogP contribution >= 0.6 is 0 Å². The third-order valence-electron chi connectivity index (χ3n) is 0.341. The molecule has 7 nitrogen and oxygen atoms in total. The molecule has 0 rings (SSSR count). The van der Waals surface area contributed by atoms with Crippen molar-refractivity contribution in [2.75, 3.05) is 6.61 Å². The number of hydrogen-bond acceptors (Lipinski definition) is 5. The maximum Gasteiger partial charge on any atom is 0.394 e. The Bertz CT molecular complexity index is 201. The summed E-state index contributed by atoms with van der Waals surface area (Å²) in [4.78, 5) is 8.44. The Kier molecular flexibility index (Phi) is 10.3. The summed E-state index contributed by atoms with van der Waals surface area (Å²) in [5.74, 6) is 0. The summed E-state index contributed by atoms with van der Waals surface area (Å²) in [5.41, 5.74) is 0. The van der Waals surface area contributed by atoms with Crippen LogP contribution < -0.4 is 0 Å². The van der Waals surface area contributed by atoms with Gasteiger partial charge in [-0.25, -0.2) is 0 Å². The lowest BCUT2D eigenvalue weighted by Crippen LogP contribution is -1.90. The van der Waals surface area contributed by atoms with Gasteiger partial charge in [0.25, 0.3) is 0 Å². The van der Waals surface area contributed by atoms with Crippen molar-refractivity contribution in [3.63, 3.8) is 0 Å². The summed E-state index contributed by atoms with van der Waals surface area (Å²) in [7, 11) is -4.67. The van der Waals surface area contributed by atoms with Gasteiger partial charge in [-0.15, -0.1) is 6.58 Å². The van der Waals surface area contributed by atoms with Crippen LogP contribution in [0.15, 0.2) is 25.5 Å². The highest BCUT2D eigenvalue weighted by Crippen LogP contribution is 1.79. The molecule has 2 N–H and O–H groups in total. The Balaban J connectivity index is 0. The van der Waals surface area contributed by atoms with E-state index in [1.807, 2.05) is 0 Å². The second kappa shape index (κ2) is 9.16. The molecule has 78 valence electrons. The van der Waals surface area contributed by atoms with E-state index in [0.29, 0.717) is 6.61 Å². The van der Waals surface area contributed by atoms with Crippen LogP contribution in [-0.4, -0.2) is 24.1 Å². The van der Waals surface area contributed by atoms with Crippen molar-refractivity contribution in [2.45, 2.75) is 0 Å².